The van der Waals surface area contributed by atoms with E-state index in [2.05, 4.69) is 12.2 Å². The Morgan fingerprint density at radius 3 is 2.24 bits per heavy atom. The number of hydrogen-bond acceptors (Lipinski definition) is 2. The largest absolute Gasteiger partial charge is 0.384 e. The monoisotopic (exact) mass is 315 g/mol. The zero-order chi connectivity index (χ0) is 15.3. The Morgan fingerprint density at radius 2 is 1.57 bits per heavy atom. The highest BCUT2D eigenvalue weighted by Crippen LogP contribution is 2.31. The van der Waals surface area contributed by atoms with Gasteiger partial charge in [0.05, 0.1) is 0 Å². The Hall–Kier alpha value is -0.770. The Morgan fingerprint density at radius 1 is 0.952 bits per heavy atom. The molecule has 1 nitrogen and oxygen atoms in total. The Bertz CT molecular complexity index is 372. The van der Waals surface area contributed by atoms with E-state index < -0.39 is 5.76 Å². The normalized spacial score (nSPS) is 11.0. The van der Waals surface area contributed by atoms with Crippen LogP contribution in [0.2, 0.25) is 0 Å². The zero-order valence-corrected chi connectivity index (χ0v) is 13.7. The van der Waals surface area contributed by atoms with E-state index in [0.717, 1.165) is 18.7 Å². The van der Waals surface area contributed by atoms with E-state index in [4.69, 9.17) is 0 Å². The second-order valence-electron chi connectivity index (χ2n) is 5.28. The first-order valence-electron chi connectivity index (χ1n) is 8.01. The maximum Gasteiger partial charge on any atom is 0.288 e. The fourth-order valence-electron chi connectivity index (χ4n) is 2.29. The van der Waals surface area contributed by atoms with Crippen molar-refractivity contribution in [2.45, 2.75) is 68.9 Å². The molecule has 21 heavy (non-hydrogen) atoms. The third-order valence-electron chi connectivity index (χ3n) is 3.45. The van der Waals surface area contributed by atoms with Crippen LogP contribution in [0.3, 0.4) is 0 Å². The molecule has 0 radical (unpaired) electrons. The molecule has 1 aromatic carbocycles. The molecule has 0 heterocycles. The smallest absolute Gasteiger partial charge is 0.288 e. The number of hydrogen-bond donors (Lipinski definition) is 1. The standard InChI is InChI=1S/C17H27F2NS/c1-2-3-4-5-6-7-8-11-14-20-15-12-9-10-13-16(15)21-17(18)19/h9-10,12-13,17,20H,2-8,11,14H2,1H3. The summed E-state index contributed by atoms with van der Waals surface area (Å²) in [6, 6.07) is 7.29. The van der Waals surface area contributed by atoms with Crippen LogP contribution in [0.15, 0.2) is 29.2 Å². The molecule has 0 aliphatic carbocycles. The van der Waals surface area contributed by atoms with Crippen molar-refractivity contribution in [3.63, 3.8) is 0 Å². The summed E-state index contributed by atoms with van der Waals surface area (Å²) in [5, 5.41) is 3.28. The number of para-hydroxylation sites is 1. The average Bonchev–Trinajstić information content (AvgIpc) is 2.46. The number of halogens is 2. The lowest BCUT2D eigenvalue weighted by atomic mass is 10.1. The van der Waals surface area contributed by atoms with Gasteiger partial charge in [0.2, 0.25) is 0 Å². The lowest BCUT2D eigenvalue weighted by molar-refractivity contribution is 0.252. The lowest BCUT2D eigenvalue weighted by Crippen LogP contribution is -2.02. The van der Waals surface area contributed by atoms with Gasteiger partial charge in [-0.25, -0.2) is 0 Å². The number of unbranched alkanes of at least 4 members (excludes halogenated alkanes) is 7. The van der Waals surface area contributed by atoms with Crippen LogP contribution in [0.4, 0.5) is 14.5 Å². The molecule has 120 valence electrons. The molecule has 0 saturated carbocycles. The fraction of sp³-hybridized carbons (Fsp3) is 0.647. The third-order valence-corrected chi connectivity index (χ3v) is 4.24. The van der Waals surface area contributed by atoms with E-state index in [1.807, 2.05) is 12.1 Å². The first-order chi connectivity index (χ1) is 10.2. The highest BCUT2D eigenvalue weighted by Gasteiger charge is 2.08. The molecule has 0 aliphatic rings. The molecule has 0 aliphatic heterocycles. The van der Waals surface area contributed by atoms with Gasteiger partial charge in [-0.1, -0.05) is 75.8 Å². The molecule has 1 aromatic rings. The molecule has 0 atom stereocenters. The van der Waals surface area contributed by atoms with Gasteiger partial charge in [0.1, 0.15) is 0 Å². The van der Waals surface area contributed by atoms with Gasteiger partial charge >= 0.3 is 0 Å². The summed E-state index contributed by atoms with van der Waals surface area (Å²) < 4.78 is 24.9. The zero-order valence-electron chi connectivity index (χ0n) is 12.9. The van der Waals surface area contributed by atoms with Gasteiger partial charge in [0.25, 0.3) is 5.76 Å². The van der Waals surface area contributed by atoms with Crippen LogP contribution in [0, 0.1) is 0 Å². The van der Waals surface area contributed by atoms with Crippen molar-refractivity contribution in [2.75, 3.05) is 11.9 Å². The van der Waals surface area contributed by atoms with Crippen LogP contribution < -0.4 is 5.32 Å². The van der Waals surface area contributed by atoms with Gasteiger partial charge in [-0.15, -0.1) is 0 Å². The molecule has 0 aromatic heterocycles. The quantitative estimate of drug-likeness (QED) is 0.346. The van der Waals surface area contributed by atoms with E-state index in [-0.39, 0.29) is 0 Å². The molecule has 0 bridgehead atoms. The number of alkyl halides is 2. The second-order valence-corrected chi connectivity index (χ2v) is 6.31. The molecule has 0 amide bonds. The van der Waals surface area contributed by atoms with Gasteiger partial charge < -0.3 is 5.32 Å². The minimum atomic E-state index is -2.36. The molecule has 0 spiro atoms. The average molecular weight is 315 g/mol. The van der Waals surface area contributed by atoms with Crippen molar-refractivity contribution in [1.82, 2.24) is 0 Å². The third kappa shape index (κ3) is 8.97. The summed E-state index contributed by atoms with van der Waals surface area (Å²) in [7, 11) is 0. The summed E-state index contributed by atoms with van der Waals surface area (Å²) in [6.07, 6.45) is 10.2. The van der Waals surface area contributed by atoms with Crippen LogP contribution in [-0.4, -0.2) is 12.3 Å². The van der Waals surface area contributed by atoms with Gasteiger partial charge in [0.15, 0.2) is 0 Å². The molecular weight excluding hydrogens is 288 g/mol. The van der Waals surface area contributed by atoms with E-state index in [0.29, 0.717) is 16.7 Å². The number of nitrogens with one attached hydrogen (secondary N) is 1. The molecule has 0 saturated heterocycles. The Balaban J connectivity index is 2.12. The van der Waals surface area contributed by atoms with Crippen molar-refractivity contribution in [3.05, 3.63) is 24.3 Å². The predicted molar refractivity (Wildman–Crippen MR) is 89.4 cm³/mol. The minimum absolute atomic E-state index is 0.609. The van der Waals surface area contributed by atoms with Crippen LogP contribution in [-0.2, 0) is 0 Å². The maximum atomic E-state index is 12.5. The fourth-order valence-corrected chi connectivity index (χ4v) is 2.91. The molecule has 0 unspecified atom stereocenters. The molecule has 1 N–H and O–H groups in total. The molecule has 1 rings (SSSR count). The summed E-state index contributed by atoms with van der Waals surface area (Å²) in [5.74, 6) is -2.36. The van der Waals surface area contributed by atoms with E-state index in [9.17, 15) is 8.78 Å². The first-order valence-corrected chi connectivity index (χ1v) is 8.89. The van der Waals surface area contributed by atoms with Gasteiger partial charge in [0, 0.05) is 17.1 Å². The lowest BCUT2D eigenvalue weighted by Gasteiger charge is -2.11. The molecule has 0 fully saturated rings. The summed E-state index contributed by atoms with van der Waals surface area (Å²) >= 11 is 0.609. The van der Waals surface area contributed by atoms with Crippen LogP contribution in [0.25, 0.3) is 0 Å². The number of thioether (sulfide) groups is 1. The van der Waals surface area contributed by atoms with E-state index in [1.165, 1.54) is 44.9 Å². The SMILES string of the molecule is CCCCCCCCCCNc1ccccc1SC(F)F. The summed E-state index contributed by atoms with van der Waals surface area (Å²) in [6.45, 7) is 3.09. The van der Waals surface area contributed by atoms with Crippen LogP contribution in [0.5, 0.6) is 0 Å². The van der Waals surface area contributed by atoms with E-state index in [1.54, 1.807) is 12.1 Å². The highest BCUT2D eigenvalue weighted by molar-refractivity contribution is 7.99. The van der Waals surface area contributed by atoms with Crippen molar-refractivity contribution in [1.29, 1.82) is 0 Å². The second kappa shape index (κ2) is 11.8. The topological polar surface area (TPSA) is 12.0 Å². The summed E-state index contributed by atoms with van der Waals surface area (Å²) in [4.78, 5) is 0.632. The Labute approximate surface area is 131 Å². The van der Waals surface area contributed by atoms with Crippen LogP contribution in [0.1, 0.15) is 58.3 Å². The van der Waals surface area contributed by atoms with Crippen molar-refractivity contribution >= 4 is 17.4 Å². The van der Waals surface area contributed by atoms with Gasteiger partial charge in [-0.3, -0.25) is 0 Å². The molecular formula is C17H27F2NS. The van der Waals surface area contributed by atoms with Crippen LogP contribution >= 0.6 is 11.8 Å². The summed E-state index contributed by atoms with van der Waals surface area (Å²) in [5.41, 5.74) is 0.825. The van der Waals surface area contributed by atoms with Crippen molar-refractivity contribution in [3.8, 4) is 0 Å². The number of benzene rings is 1. The van der Waals surface area contributed by atoms with Crippen molar-refractivity contribution in [2.24, 2.45) is 0 Å². The van der Waals surface area contributed by atoms with E-state index >= 15 is 0 Å². The van der Waals surface area contributed by atoms with Gasteiger partial charge in [-0.05, 0) is 18.6 Å². The first kappa shape index (κ1) is 18.3. The predicted octanol–water partition coefficient (Wildman–Crippen LogP) is 6.55. The van der Waals surface area contributed by atoms with Crippen molar-refractivity contribution < 1.29 is 8.78 Å². The minimum Gasteiger partial charge on any atom is -0.384 e. The molecule has 4 heteroatoms. The maximum absolute atomic E-state index is 12.5. The number of anilines is 1. The Kier molecular flexibility index (Phi) is 10.3. The number of rotatable bonds is 12. The highest BCUT2D eigenvalue weighted by atomic mass is 32.2. The van der Waals surface area contributed by atoms with Gasteiger partial charge in [-0.2, -0.15) is 8.78 Å².